The predicted molar refractivity (Wildman–Crippen MR) is 96.9 cm³/mol. The lowest BCUT2D eigenvalue weighted by Crippen LogP contribution is -2.66. The van der Waals surface area contributed by atoms with E-state index in [0.29, 0.717) is 6.54 Å². The molecule has 9 heteroatoms. The lowest BCUT2D eigenvalue weighted by Gasteiger charge is -2.44. The first-order valence-corrected chi connectivity index (χ1v) is 9.04. The summed E-state index contributed by atoms with van der Waals surface area (Å²) in [6, 6.07) is 6.89. The van der Waals surface area contributed by atoms with Gasteiger partial charge in [0.1, 0.15) is 25.0 Å². The number of para-hydroxylation sites is 1. The Hall–Kier alpha value is -2.65. The number of benzene rings is 1. The Labute approximate surface area is 157 Å². The number of carboxylic acids is 1. The molecule has 0 aromatic heterocycles. The average Bonchev–Trinajstić information content (AvgIpc) is 3.04. The van der Waals surface area contributed by atoms with E-state index < -0.39 is 36.7 Å². The van der Waals surface area contributed by atoms with Crippen LogP contribution in [0.3, 0.4) is 0 Å². The molecule has 3 saturated heterocycles. The minimum atomic E-state index is -1.20. The van der Waals surface area contributed by atoms with Crippen LogP contribution in [0.4, 0.5) is 10.5 Å². The molecule has 1 aromatic carbocycles. The number of hydrogen-bond acceptors (Lipinski definition) is 6. The molecule has 0 radical (unpaired) electrons. The summed E-state index contributed by atoms with van der Waals surface area (Å²) in [7, 11) is 1.60. The molecule has 1 aromatic rings. The molecular formula is C18H23N5O4. The van der Waals surface area contributed by atoms with E-state index in [4.69, 9.17) is 5.11 Å². The van der Waals surface area contributed by atoms with E-state index in [0.717, 1.165) is 29.1 Å². The summed E-state index contributed by atoms with van der Waals surface area (Å²) < 4.78 is 0. The summed E-state index contributed by atoms with van der Waals surface area (Å²) in [4.78, 5) is 43.1. The number of rotatable bonds is 3. The molecule has 3 aliphatic heterocycles. The van der Waals surface area contributed by atoms with Gasteiger partial charge in [-0.05, 0) is 25.0 Å². The number of amides is 3. The molecule has 0 spiro atoms. The van der Waals surface area contributed by atoms with Gasteiger partial charge >= 0.3 is 12.0 Å². The van der Waals surface area contributed by atoms with Crippen molar-refractivity contribution in [1.82, 2.24) is 20.0 Å². The third-order valence-corrected chi connectivity index (χ3v) is 5.59. The van der Waals surface area contributed by atoms with Gasteiger partial charge < -0.3 is 14.9 Å². The van der Waals surface area contributed by atoms with Crippen molar-refractivity contribution < 1.29 is 19.5 Å². The molecule has 144 valence electrons. The highest BCUT2D eigenvalue weighted by atomic mass is 16.4. The highest BCUT2D eigenvalue weighted by molar-refractivity contribution is 6.02. The fourth-order valence-electron chi connectivity index (χ4n) is 4.33. The number of carbonyl (C=O) groups excluding carboxylic acids is 2. The smallest absolute Gasteiger partial charge is 0.328 e. The zero-order valence-corrected chi connectivity index (χ0v) is 15.3. The van der Waals surface area contributed by atoms with Gasteiger partial charge in [-0.2, -0.15) is 0 Å². The van der Waals surface area contributed by atoms with Crippen molar-refractivity contribution in [1.29, 1.82) is 0 Å². The van der Waals surface area contributed by atoms with E-state index in [9.17, 15) is 14.4 Å². The fourth-order valence-corrected chi connectivity index (χ4v) is 4.33. The second kappa shape index (κ2) is 6.50. The number of imide groups is 1. The summed E-state index contributed by atoms with van der Waals surface area (Å²) in [6.45, 7) is 2.97. The number of hydrogen-bond donors (Lipinski definition) is 2. The first kappa shape index (κ1) is 17.7. The lowest BCUT2D eigenvalue weighted by atomic mass is 10.1. The van der Waals surface area contributed by atoms with Crippen LogP contribution in [0, 0.1) is 6.92 Å². The van der Waals surface area contributed by atoms with Crippen molar-refractivity contribution in [3.8, 4) is 0 Å². The van der Waals surface area contributed by atoms with E-state index in [-0.39, 0.29) is 6.29 Å². The van der Waals surface area contributed by atoms with Crippen LogP contribution in [0.15, 0.2) is 24.3 Å². The highest BCUT2D eigenvalue weighted by Crippen LogP contribution is 2.33. The first-order chi connectivity index (χ1) is 12.9. The molecule has 0 saturated carbocycles. The molecular weight excluding hydrogens is 350 g/mol. The predicted octanol–water partition coefficient (Wildman–Crippen LogP) is 0.0672. The molecule has 27 heavy (non-hydrogen) atoms. The molecule has 4 rings (SSSR count). The zero-order valence-electron chi connectivity index (χ0n) is 15.3. The van der Waals surface area contributed by atoms with Gasteiger partial charge in [0.2, 0.25) is 0 Å². The number of nitrogens with one attached hydrogen (secondary N) is 1. The number of urea groups is 1. The average molecular weight is 373 g/mol. The van der Waals surface area contributed by atoms with Gasteiger partial charge in [-0.15, -0.1) is 0 Å². The number of carbonyl (C=O) groups is 3. The Morgan fingerprint density at radius 3 is 2.70 bits per heavy atom. The van der Waals surface area contributed by atoms with Crippen LogP contribution in [-0.2, 0) is 9.59 Å². The third kappa shape index (κ3) is 2.74. The van der Waals surface area contributed by atoms with Gasteiger partial charge in [0.25, 0.3) is 5.91 Å². The van der Waals surface area contributed by atoms with E-state index >= 15 is 0 Å². The van der Waals surface area contributed by atoms with Crippen LogP contribution < -0.4 is 10.2 Å². The van der Waals surface area contributed by atoms with Crippen LogP contribution in [0.2, 0.25) is 0 Å². The number of anilines is 1. The van der Waals surface area contributed by atoms with Gasteiger partial charge in [-0.1, -0.05) is 18.2 Å². The summed E-state index contributed by atoms with van der Waals surface area (Å²) in [5.74, 6) is -1.65. The highest BCUT2D eigenvalue weighted by Gasteiger charge is 2.56. The van der Waals surface area contributed by atoms with E-state index in [1.165, 1.54) is 4.90 Å². The van der Waals surface area contributed by atoms with Gasteiger partial charge in [0.15, 0.2) is 0 Å². The Balaban J connectivity index is 1.67. The Morgan fingerprint density at radius 1 is 1.26 bits per heavy atom. The van der Waals surface area contributed by atoms with Crippen molar-refractivity contribution in [2.45, 2.75) is 31.8 Å². The topological polar surface area (TPSA) is 96.4 Å². The molecule has 9 nitrogen and oxygen atoms in total. The van der Waals surface area contributed by atoms with Gasteiger partial charge in [0, 0.05) is 25.8 Å². The SMILES string of the molecule is Cc1ccccc1N1CCCN2C3C(=O)N(CC(=O)O)C(=O)N(C)C3NC12. The molecule has 3 amide bonds. The van der Waals surface area contributed by atoms with Crippen LogP contribution in [0.5, 0.6) is 0 Å². The standard InChI is InChI=1S/C18H23N5O4/c1-11-6-3-4-7-12(11)21-8-5-9-22-14-15(19-17(21)22)20(2)18(27)23(16(14)26)10-13(24)25/h3-4,6-7,14-15,17,19H,5,8-10H2,1-2H3,(H,24,25). The number of likely N-dealkylation sites (N-methyl/N-ethyl adjacent to an activating group) is 1. The number of aryl methyl sites for hydroxylation is 1. The van der Waals surface area contributed by atoms with Crippen molar-refractivity contribution in [2.75, 3.05) is 31.6 Å². The second-order valence-electron chi connectivity index (χ2n) is 7.21. The molecule has 3 fully saturated rings. The minimum Gasteiger partial charge on any atom is -0.480 e. The van der Waals surface area contributed by atoms with Crippen LogP contribution in [-0.4, -0.2) is 82.9 Å². The van der Waals surface area contributed by atoms with Gasteiger partial charge in [-0.3, -0.25) is 24.7 Å². The largest absolute Gasteiger partial charge is 0.480 e. The normalized spacial score (nSPS) is 28.4. The molecule has 3 heterocycles. The van der Waals surface area contributed by atoms with Crippen molar-refractivity contribution >= 4 is 23.6 Å². The molecule has 2 N–H and O–H groups in total. The van der Waals surface area contributed by atoms with E-state index in [1.54, 1.807) is 7.05 Å². The Morgan fingerprint density at radius 2 is 2.00 bits per heavy atom. The summed E-state index contributed by atoms with van der Waals surface area (Å²) in [6.07, 6.45) is 0.170. The second-order valence-corrected chi connectivity index (χ2v) is 7.21. The number of nitrogens with zero attached hydrogens (tertiary/aromatic N) is 4. The molecule has 3 unspecified atom stereocenters. The third-order valence-electron chi connectivity index (χ3n) is 5.59. The zero-order chi connectivity index (χ0) is 19.3. The van der Waals surface area contributed by atoms with Crippen molar-refractivity contribution in [3.05, 3.63) is 29.8 Å². The summed E-state index contributed by atoms with van der Waals surface area (Å²) in [5.41, 5.74) is 2.22. The lowest BCUT2D eigenvalue weighted by molar-refractivity contribution is -0.147. The minimum absolute atomic E-state index is 0.223. The molecule has 0 aliphatic carbocycles. The van der Waals surface area contributed by atoms with Crippen LogP contribution in [0.1, 0.15) is 12.0 Å². The maximum atomic E-state index is 13.0. The van der Waals surface area contributed by atoms with Crippen molar-refractivity contribution in [3.63, 3.8) is 0 Å². The Kier molecular flexibility index (Phi) is 4.27. The maximum Gasteiger partial charge on any atom is 0.328 e. The Bertz CT molecular complexity index is 800. The van der Waals surface area contributed by atoms with E-state index in [1.807, 2.05) is 30.0 Å². The number of aliphatic carboxylic acids is 1. The van der Waals surface area contributed by atoms with Gasteiger partial charge in [-0.25, -0.2) is 4.79 Å². The van der Waals surface area contributed by atoms with Crippen LogP contribution >= 0.6 is 0 Å². The summed E-state index contributed by atoms with van der Waals surface area (Å²) >= 11 is 0. The van der Waals surface area contributed by atoms with Gasteiger partial charge in [0.05, 0.1) is 0 Å². The molecule has 3 atom stereocenters. The first-order valence-electron chi connectivity index (χ1n) is 9.04. The summed E-state index contributed by atoms with van der Waals surface area (Å²) in [5, 5.41) is 12.5. The number of fused-ring (bicyclic) bond motifs is 3. The van der Waals surface area contributed by atoms with Crippen LogP contribution in [0.25, 0.3) is 0 Å². The van der Waals surface area contributed by atoms with E-state index in [2.05, 4.69) is 16.3 Å². The fraction of sp³-hybridized carbons (Fsp3) is 0.500. The van der Waals surface area contributed by atoms with Crippen molar-refractivity contribution in [2.24, 2.45) is 0 Å². The monoisotopic (exact) mass is 373 g/mol. The molecule has 3 aliphatic rings. The number of carboxylic acid groups (broad SMARTS) is 1. The quantitative estimate of drug-likeness (QED) is 0.774. The maximum absolute atomic E-state index is 13.0. The molecule has 0 bridgehead atoms.